The Hall–Kier alpha value is -2.12. The van der Waals surface area contributed by atoms with Gasteiger partial charge in [-0.15, -0.1) is 0 Å². The molecule has 2 N–H and O–H groups in total. The fourth-order valence-corrected chi connectivity index (χ4v) is 2.01. The summed E-state index contributed by atoms with van der Waals surface area (Å²) in [6, 6.07) is -1.51. The van der Waals surface area contributed by atoms with Crippen molar-refractivity contribution in [3.63, 3.8) is 0 Å². The van der Waals surface area contributed by atoms with Crippen LogP contribution in [-0.4, -0.2) is 42.6 Å². The molecule has 1 saturated carbocycles. The molecule has 8 nitrogen and oxygen atoms in total. The first-order valence-corrected chi connectivity index (χ1v) is 6.52. The molecule has 0 aromatic heterocycles. The van der Waals surface area contributed by atoms with E-state index in [1.807, 2.05) is 5.32 Å². The number of esters is 1. The first-order chi connectivity index (χ1) is 9.62. The van der Waals surface area contributed by atoms with E-state index in [0.29, 0.717) is 0 Å². The van der Waals surface area contributed by atoms with Gasteiger partial charge in [0.05, 0.1) is 19.1 Å². The fraction of sp³-hybridized carbons (Fsp3) is 0.692. The summed E-state index contributed by atoms with van der Waals surface area (Å²) >= 11 is 0. The lowest BCUT2D eigenvalue weighted by Crippen LogP contribution is -2.48. The lowest BCUT2D eigenvalue weighted by Gasteiger charge is -2.21. The third-order valence-electron chi connectivity index (χ3n) is 2.82. The lowest BCUT2D eigenvalue weighted by atomic mass is 10.0. The number of hydrogen-bond acceptors (Lipinski definition) is 6. The highest BCUT2D eigenvalue weighted by Gasteiger charge is 2.39. The van der Waals surface area contributed by atoms with Crippen LogP contribution in [0.15, 0.2) is 0 Å². The molecular weight excluding hydrogens is 280 g/mol. The monoisotopic (exact) mass is 300 g/mol. The van der Waals surface area contributed by atoms with E-state index in [1.54, 1.807) is 20.8 Å². The largest absolute Gasteiger partial charge is 0.469 e. The van der Waals surface area contributed by atoms with Gasteiger partial charge in [0, 0.05) is 12.8 Å². The number of Topliss-reactive ketones (excluding diaryl/α,β-unsaturated/α-hetero) is 1. The SMILES string of the molecule is COC(=O)[C@@H]1CC(=O)C[C@H]1NC(=O)NC(=O)OC(C)(C)C. The Morgan fingerprint density at radius 3 is 2.33 bits per heavy atom. The van der Waals surface area contributed by atoms with Crippen LogP contribution in [0.4, 0.5) is 9.59 Å². The van der Waals surface area contributed by atoms with Crippen molar-refractivity contribution in [2.24, 2.45) is 5.92 Å². The fourth-order valence-electron chi connectivity index (χ4n) is 2.01. The first-order valence-electron chi connectivity index (χ1n) is 6.52. The second-order valence-electron chi connectivity index (χ2n) is 5.78. The number of alkyl carbamates (subject to hydrolysis) is 1. The molecule has 21 heavy (non-hydrogen) atoms. The Kier molecular flexibility index (Phi) is 5.28. The maximum Gasteiger partial charge on any atom is 0.415 e. The first kappa shape index (κ1) is 16.9. The molecule has 1 aliphatic carbocycles. The topological polar surface area (TPSA) is 111 Å². The summed E-state index contributed by atoms with van der Waals surface area (Å²) in [7, 11) is 1.21. The standard InChI is InChI=1S/C13H20N2O6/c1-13(2,3)21-12(19)15-11(18)14-9-6-7(16)5-8(9)10(17)20-4/h8-9H,5-6H2,1-4H3,(H2,14,15,18,19)/t8-,9-/m1/s1. The van der Waals surface area contributed by atoms with E-state index in [0.717, 1.165) is 0 Å². The Labute approximate surface area is 122 Å². The molecule has 118 valence electrons. The van der Waals surface area contributed by atoms with Crippen molar-refractivity contribution in [1.82, 2.24) is 10.6 Å². The summed E-state index contributed by atoms with van der Waals surface area (Å²) in [6.45, 7) is 4.98. The third kappa shape index (κ3) is 5.41. The number of amides is 3. The molecule has 0 aliphatic heterocycles. The van der Waals surface area contributed by atoms with E-state index in [2.05, 4.69) is 10.1 Å². The number of ether oxygens (including phenoxy) is 2. The highest BCUT2D eigenvalue weighted by molar-refractivity contribution is 5.93. The van der Waals surface area contributed by atoms with Gasteiger partial charge < -0.3 is 14.8 Å². The van der Waals surface area contributed by atoms with Crippen LogP contribution in [0.1, 0.15) is 33.6 Å². The second kappa shape index (κ2) is 6.55. The van der Waals surface area contributed by atoms with Gasteiger partial charge in [0.15, 0.2) is 0 Å². The van der Waals surface area contributed by atoms with E-state index in [4.69, 9.17) is 4.74 Å². The van der Waals surface area contributed by atoms with Gasteiger partial charge in [0.1, 0.15) is 11.4 Å². The van der Waals surface area contributed by atoms with Crippen LogP contribution in [-0.2, 0) is 19.1 Å². The predicted octanol–water partition coefficient (Wildman–Crippen LogP) is 0.741. The summed E-state index contributed by atoms with van der Waals surface area (Å²) in [5.41, 5.74) is -0.734. The van der Waals surface area contributed by atoms with Gasteiger partial charge in [-0.05, 0) is 20.8 Å². The van der Waals surface area contributed by atoms with Gasteiger partial charge in [0.25, 0.3) is 0 Å². The van der Waals surface area contributed by atoms with E-state index in [-0.39, 0.29) is 18.6 Å². The highest BCUT2D eigenvalue weighted by Crippen LogP contribution is 2.24. The molecule has 0 aromatic carbocycles. The number of rotatable bonds is 2. The molecule has 1 fully saturated rings. The van der Waals surface area contributed by atoms with E-state index < -0.39 is 35.7 Å². The molecule has 0 radical (unpaired) electrons. The molecule has 0 bridgehead atoms. The maximum atomic E-state index is 11.7. The van der Waals surface area contributed by atoms with Gasteiger partial charge in [0.2, 0.25) is 0 Å². The minimum Gasteiger partial charge on any atom is -0.469 e. The number of urea groups is 1. The summed E-state index contributed by atoms with van der Waals surface area (Å²) in [4.78, 5) is 46.0. The molecular formula is C13H20N2O6. The molecule has 1 aliphatic rings. The highest BCUT2D eigenvalue weighted by atomic mass is 16.6. The van der Waals surface area contributed by atoms with Gasteiger partial charge in [-0.2, -0.15) is 0 Å². The smallest absolute Gasteiger partial charge is 0.415 e. The third-order valence-corrected chi connectivity index (χ3v) is 2.82. The normalized spacial score (nSPS) is 21.6. The molecule has 8 heteroatoms. The average Bonchev–Trinajstić information content (AvgIpc) is 2.66. The Morgan fingerprint density at radius 2 is 1.81 bits per heavy atom. The molecule has 3 amide bonds. The second-order valence-corrected chi connectivity index (χ2v) is 5.78. The quantitative estimate of drug-likeness (QED) is 0.728. The zero-order valence-electron chi connectivity index (χ0n) is 12.5. The number of carbonyl (C=O) groups is 4. The summed E-state index contributed by atoms with van der Waals surface area (Å²) < 4.78 is 9.51. The number of methoxy groups -OCH3 is 1. The van der Waals surface area contributed by atoms with Crippen molar-refractivity contribution < 1.29 is 28.7 Å². The number of ketones is 1. The van der Waals surface area contributed by atoms with E-state index >= 15 is 0 Å². The number of nitrogens with one attached hydrogen (secondary N) is 2. The van der Waals surface area contributed by atoms with Crippen LogP contribution in [0, 0.1) is 5.92 Å². The van der Waals surface area contributed by atoms with Gasteiger partial charge in [-0.3, -0.25) is 9.59 Å². The van der Waals surface area contributed by atoms with Crippen LogP contribution in [0.3, 0.4) is 0 Å². The number of hydrogen-bond donors (Lipinski definition) is 2. The Bertz CT molecular complexity index is 454. The van der Waals surface area contributed by atoms with Crippen LogP contribution >= 0.6 is 0 Å². The molecule has 0 saturated heterocycles. The maximum absolute atomic E-state index is 11.7. The summed E-state index contributed by atoms with van der Waals surface area (Å²) in [6.07, 6.45) is -0.857. The van der Waals surface area contributed by atoms with Crippen molar-refractivity contribution in [3.8, 4) is 0 Å². The lowest BCUT2D eigenvalue weighted by molar-refractivity contribution is -0.146. The van der Waals surface area contributed by atoms with Crippen LogP contribution in [0.5, 0.6) is 0 Å². The molecule has 0 unspecified atom stereocenters. The van der Waals surface area contributed by atoms with Crippen molar-refractivity contribution in [3.05, 3.63) is 0 Å². The predicted molar refractivity (Wildman–Crippen MR) is 71.4 cm³/mol. The number of carbonyl (C=O) groups excluding carboxylic acids is 4. The van der Waals surface area contributed by atoms with Gasteiger partial charge >= 0.3 is 18.1 Å². The molecule has 0 heterocycles. The van der Waals surface area contributed by atoms with E-state index in [9.17, 15) is 19.2 Å². The molecule has 1 rings (SSSR count). The zero-order valence-corrected chi connectivity index (χ0v) is 12.5. The molecule has 0 spiro atoms. The van der Waals surface area contributed by atoms with Crippen molar-refractivity contribution in [2.75, 3.05) is 7.11 Å². The zero-order chi connectivity index (χ0) is 16.2. The number of imide groups is 1. The van der Waals surface area contributed by atoms with Crippen molar-refractivity contribution in [2.45, 2.75) is 45.3 Å². The molecule has 0 aromatic rings. The average molecular weight is 300 g/mol. The minimum atomic E-state index is -0.904. The van der Waals surface area contributed by atoms with Gasteiger partial charge in [-0.1, -0.05) is 0 Å². The van der Waals surface area contributed by atoms with Crippen LogP contribution in [0.2, 0.25) is 0 Å². The Balaban J connectivity index is 2.55. The van der Waals surface area contributed by atoms with Crippen LogP contribution < -0.4 is 10.6 Å². The summed E-state index contributed by atoms with van der Waals surface area (Å²) in [5, 5.41) is 4.40. The van der Waals surface area contributed by atoms with Crippen molar-refractivity contribution in [1.29, 1.82) is 0 Å². The van der Waals surface area contributed by atoms with Crippen LogP contribution in [0.25, 0.3) is 0 Å². The van der Waals surface area contributed by atoms with E-state index in [1.165, 1.54) is 7.11 Å². The molecule has 2 atom stereocenters. The summed E-state index contributed by atoms with van der Waals surface area (Å²) in [5.74, 6) is -1.44. The van der Waals surface area contributed by atoms with Crippen molar-refractivity contribution >= 4 is 23.9 Å². The minimum absolute atomic E-state index is 0.0179. The van der Waals surface area contributed by atoms with Gasteiger partial charge in [-0.25, -0.2) is 14.9 Å². The Morgan fingerprint density at radius 1 is 1.19 bits per heavy atom.